The van der Waals surface area contributed by atoms with Crippen LogP contribution in [0.4, 0.5) is 11.4 Å². The van der Waals surface area contributed by atoms with Crippen LogP contribution in [0.3, 0.4) is 0 Å². The van der Waals surface area contributed by atoms with Crippen molar-refractivity contribution in [2.45, 2.75) is 11.8 Å². The summed E-state index contributed by atoms with van der Waals surface area (Å²) in [4.78, 5) is 29.3. The van der Waals surface area contributed by atoms with Crippen LogP contribution in [-0.4, -0.2) is 56.5 Å². The highest BCUT2D eigenvalue weighted by molar-refractivity contribution is 9.10. The summed E-state index contributed by atoms with van der Waals surface area (Å²) in [5.74, 6) is -1.07. The highest BCUT2D eigenvalue weighted by atomic mass is 79.9. The number of carbonyl (C=O) groups is 2. The minimum Gasteiger partial charge on any atom is -0.477 e. The number of nitrogens with zero attached hydrogens (tertiary/aromatic N) is 2. The third-order valence-electron chi connectivity index (χ3n) is 6.40. The van der Waals surface area contributed by atoms with Crippen LogP contribution in [0.5, 0.6) is 0 Å². The summed E-state index contributed by atoms with van der Waals surface area (Å²) in [6, 6.07) is 15.6. The van der Waals surface area contributed by atoms with E-state index >= 15 is 0 Å². The van der Waals surface area contributed by atoms with E-state index in [9.17, 15) is 23.1 Å². The molecular formula is C27H24BrN3O5S3. The standard InChI is InChI=1S/C27H24BrN3O5S3/c1-17-14-18(20-6-12-37-24(20)27(33)34)16-19(15-17)39(35,36)29-22-4-2-3-5-23(22)30-8-10-31(11-9-30)26(32)25-21(28)7-13-38-25/h2-7,12-16,29H,8-11H2,1H3,(H,33,34). The molecular weight excluding hydrogens is 622 g/mol. The van der Waals surface area contributed by atoms with E-state index < -0.39 is 16.0 Å². The number of carboxylic acids is 1. The first-order valence-corrected chi connectivity index (χ1v) is 16.0. The van der Waals surface area contributed by atoms with Gasteiger partial charge in [-0.2, -0.15) is 0 Å². The third kappa shape index (κ3) is 5.74. The SMILES string of the molecule is Cc1cc(-c2ccsc2C(=O)O)cc(S(=O)(=O)Nc2ccccc2N2CCN(C(=O)c3sccc3Br)CC2)c1. The number of sulfonamides is 1. The molecule has 5 rings (SSSR count). The molecule has 2 N–H and O–H groups in total. The second kappa shape index (κ2) is 11.1. The smallest absolute Gasteiger partial charge is 0.346 e. The molecule has 0 radical (unpaired) electrons. The van der Waals surface area contributed by atoms with E-state index in [0.29, 0.717) is 53.4 Å². The van der Waals surface area contributed by atoms with Gasteiger partial charge in [0.25, 0.3) is 15.9 Å². The van der Waals surface area contributed by atoms with Gasteiger partial charge in [0.1, 0.15) is 9.75 Å². The summed E-state index contributed by atoms with van der Waals surface area (Å²) in [6.07, 6.45) is 0. The number of para-hydroxylation sites is 2. The number of hydrogen-bond acceptors (Lipinski definition) is 7. The number of anilines is 2. The molecule has 1 aliphatic rings. The lowest BCUT2D eigenvalue weighted by molar-refractivity contribution is 0.0701. The van der Waals surface area contributed by atoms with Crippen molar-refractivity contribution >= 4 is 71.9 Å². The van der Waals surface area contributed by atoms with Crippen LogP contribution in [-0.2, 0) is 10.0 Å². The first-order valence-electron chi connectivity index (χ1n) is 12.0. The summed E-state index contributed by atoms with van der Waals surface area (Å²) in [6.45, 7) is 3.91. The molecule has 0 unspecified atom stereocenters. The van der Waals surface area contributed by atoms with E-state index in [1.54, 1.807) is 42.6 Å². The van der Waals surface area contributed by atoms with Crippen LogP contribution >= 0.6 is 38.6 Å². The Hall–Kier alpha value is -3.19. The Balaban J connectivity index is 1.37. The van der Waals surface area contributed by atoms with E-state index in [1.165, 1.54) is 17.4 Å². The van der Waals surface area contributed by atoms with E-state index in [1.807, 2.05) is 28.5 Å². The van der Waals surface area contributed by atoms with Gasteiger partial charge in [0.2, 0.25) is 0 Å². The van der Waals surface area contributed by atoms with Crippen molar-refractivity contribution in [1.29, 1.82) is 0 Å². The molecule has 12 heteroatoms. The molecule has 39 heavy (non-hydrogen) atoms. The van der Waals surface area contributed by atoms with Crippen LogP contribution in [0.25, 0.3) is 11.1 Å². The molecule has 2 aromatic heterocycles. The van der Waals surface area contributed by atoms with Gasteiger partial charge in [-0.3, -0.25) is 9.52 Å². The fourth-order valence-electron chi connectivity index (χ4n) is 4.54. The lowest BCUT2D eigenvalue weighted by Gasteiger charge is -2.36. The molecule has 8 nitrogen and oxygen atoms in total. The van der Waals surface area contributed by atoms with Crippen molar-refractivity contribution in [2.24, 2.45) is 0 Å². The van der Waals surface area contributed by atoms with Crippen molar-refractivity contribution in [3.05, 3.63) is 85.1 Å². The normalized spacial score (nSPS) is 13.9. The lowest BCUT2D eigenvalue weighted by Crippen LogP contribution is -2.48. The molecule has 202 valence electrons. The van der Waals surface area contributed by atoms with Crippen LogP contribution < -0.4 is 9.62 Å². The van der Waals surface area contributed by atoms with Gasteiger partial charge in [0, 0.05) is 36.2 Å². The summed E-state index contributed by atoms with van der Waals surface area (Å²) < 4.78 is 30.6. The average molecular weight is 647 g/mol. The molecule has 4 aromatic rings. The molecule has 0 spiro atoms. The summed E-state index contributed by atoms with van der Waals surface area (Å²) in [7, 11) is -3.99. The number of nitrogens with one attached hydrogen (secondary N) is 1. The maximum absolute atomic E-state index is 13.5. The Labute approximate surface area is 242 Å². The highest BCUT2D eigenvalue weighted by Gasteiger charge is 2.26. The third-order valence-corrected chi connectivity index (χ3v) is 10.5. The van der Waals surface area contributed by atoms with Crippen LogP contribution in [0.15, 0.2) is 74.7 Å². The maximum atomic E-state index is 13.5. The van der Waals surface area contributed by atoms with Crippen molar-refractivity contribution in [2.75, 3.05) is 35.8 Å². The summed E-state index contributed by atoms with van der Waals surface area (Å²) >= 11 is 5.93. The van der Waals surface area contributed by atoms with Crippen LogP contribution in [0.1, 0.15) is 24.9 Å². The Bertz CT molecular complexity index is 1660. The van der Waals surface area contributed by atoms with Gasteiger partial charge >= 0.3 is 5.97 Å². The first-order chi connectivity index (χ1) is 18.6. The monoisotopic (exact) mass is 645 g/mol. The molecule has 1 amide bonds. The van der Waals surface area contributed by atoms with Gasteiger partial charge in [0.15, 0.2) is 0 Å². The number of carboxylic acid groups (broad SMARTS) is 1. The van der Waals surface area contributed by atoms with E-state index in [-0.39, 0.29) is 15.7 Å². The average Bonchev–Trinajstić information content (AvgIpc) is 3.58. The number of carbonyl (C=O) groups excluding carboxylic acids is 1. The summed E-state index contributed by atoms with van der Waals surface area (Å²) in [5, 5.41) is 13.1. The Morgan fingerprint density at radius 3 is 2.33 bits per heavy atom. The fourth-order valence-corrected chi connectivity index (χ4v) is 8.01. The number of thiophene rings is 2. The van der Waals surface area contributed by atoms with Gasteiger partial charge < -0.3 is 14.9 Å². The highest BCUT2D eigenvalue weighted by Crippen LogP contribution is 2.33. The fraction of sp³-hybridized carbons (Fsp3) is 0.185. The van der Waals surface area contributed by atoms with Gasteiger partial charge in [-0.25, -0.2) is 13.2 Å². The number of halogens is 1. The van der Waals surface area contributed by atoms with Gasteiger partial charge in [-0.15, -0.1) is 22.7 Å². The number of aryl methyl sites for hydroxylation is 1. The number of rotatable bonds is 7. The summed E-state index contributed by atoms with van der Waals surface area (Å²) in [5.41, 5.74) is 2.87. The molecule has 1 aliphatic heterocycles. The van der Waals surface area contributed by atoms with Crippen LogP contribution in [0.2, 0.25) is 0 Å². The molecule has 0 atom stereocenters. The van der Waals surface area contributed by atoms with Crippen molar-refractivity contribution in [1.82, 2.24) is 4.90 Å². The molecule has 0 saturated carbocycles. The number of hydrogen-bond donors (Lipinski definition) is 2. The Morgan fingerprint density at radius 1 is 0.949 bits per heavy atom. The quantitative estimate of drug-likeness (QED) is 0.255. The van der Waals surface area contributed by atoms with Crippen LogP contribution in [0, 0.1) is 6.92 Å². The van der Waals surface area contributed by atoms with E-state index in [4.69, 9.17) is 0 Å². The topological polar surface area (TPSA) is 107 Å². The largest absolute Gasteiger partial charge is 0.477 e. The molecule has 0 aliphatic carbocycles. The Morgan fingerprint density at radius 2 is 1.64 bits per heavy atom. The predicted molar refractivity (Wildman–Crippen MR) is 159 cm³/mol. The zero-order valence-corrected chi connectivity index (χ0v) is 24.8. The molecule has 1 fully saturated rings. The number of aromatic carboxylic acids is 1. The van der Waals surface area contributed by atoms with Crippen molar-refractivity contribution in [3.63, 3.8) is 0 Å². The first kappa shape index (κ1) is 27.4. The second-order valence-electron chi connectivity index (χ2n) is 9.00. The zero-order chi connectivity index (χ0) is 27.7. The molecule has 1 saturated heterocycles. The molecule has 3 heterocycles. The number of benzene rings is 2. The lowest BCUT2D eigenvalue weighted by atomic mass is 10.0. The number of piperazine rings is 1. The zero-order valence-electron chi connectivity index (χ0n) is 20.8. The Kier molecular flexibility index (Phi) is 7.81. The maximum Gasteiger partial charge on any atom is 0.346 e. The van der Waals surface area contributed by atoms with Gasteiger partial charge in [-0.05, 0) is 81.1 Å². The second-order valence-corrected chi connectivity index (χ2v) is 13.4. The minimum atomic E-state index is -3.99. The van der Waals surface area contributed by atoms with Crippen molar-refractivity contribution in [3.8, 4) is 11.1 Å². The molecule has 0 bridgehead atoms. The van der Waals surface area contributed by atoms with E-state index in [2.05, 4.69) is 25.6 Å². The van der Waals surface area contributed by atoms with Crippen molar-refractivity contribution < 1.29 is 23.1 Å². The van der Waals surface area contributed by atoms with Gasteiger partial charge in [0.05, 0.1) is 16.3 Å². The number of amides is 1. The predicted octanol–water partition coefficient (Wildman–Crippen LogP) is 6.01. The minimum absolute atomic E-state index is 0.0163. The molecule has 2 aromatic carbocycles. The van der Waals surface area contributed by atoms with Gasteiger partial charge in [-0.1, -0.05) is 18.2 Å². The van der Waals surface area contributed by atoms with E-state index in [0.717, 1.165) is 21.5 Å².